The number of carbonyl (C=O) groups is 1. The minimum atomic E-state index is -4.14. The van der Waals surface area contributed by atoms with Gasteiger partial charge in [0.05, 0.1) is 17.2 Å². The summed E-state index contributed by atoms with van der Waals surface area (Å²) in [7, 11) is -8.24. The zero-order valence-electron chi connectivity index (χ0n) is 17.9. The summed E-state index contributed by atoms with van der Waals surface area (Å²) in [6.45, 7) is 4.11. The van der Waals surface area contributed by atoms with E-state index in [9.17, 15) is 21.6 Å². The molecule has 3 aromatic carbocycles. The number of hydrogen-bond acceptors (Lipinski definition) is 6. The summed E-state index contributed by atoms with van der Waals surface area (Å²) in [5.41, 5.74) is 1.06. The number of para-hydroxylation sites is 1. The molecule has 0 unspecified atom stereocenters. The van der Waals surface area contributed by atoms with Gasteiger partial charge in [-0.15, -0.1) is 0 Å². The molecule has 0 radical (unpaired) electrons. The minimum Gasteiger partial charge on any atom is -0.494 e. The van der Waals surface area contributed by atoms with Crippen molar-refractivity contribution in [3.05, 3.63) is 78.4 Å². The lowest BCUT2D eigenvalue weighted by molar-refractivity contribution is 0.256. The van der Waals surface area contributed by atoms with Gasteiger partial charge in [-0.2, -0.15) is 0 Å². The van der Waals surface area contributed by atoms with Crippen LogP contribution < -0.4 is 19.5 Å². The van der Waals surface area contributed by atoms with Crippen molar-refractivity contribution in [3.63, 3.8) is 0 Å². The summed E-state index contributed by atoms with van der Waals surface area (Å²) in [5.74, 6) is 0.592. The van der Waals surface area contributed by atoms with Crippen molar-refractivity contribution in [1.29, 1.82) is 0 Å². The SMILES string of the molecule is CCOc1ccc(NS(=O)(=O)c2ccccc2NC(=O)NS(=O)(=O)c2ccc(C)cc2)cc1. The predicted octanol–water partition coefficient (Wildman–Crippen LogP) is 3.70. The van der Waals surface area contributed by atoms with Crippen LogP contribution in [0.4, 0.5) is 16.2 Å². The highest BCUT2D eigenvalue weighted by Crippen LogP contribution is 2.25. The van der Waals surface area contributed by atoms with E-state index in [1.54, 1.807) is 43.3 Å². The minimum absolute atomic E-state index is 0.0902. The van der Waals surface area contributed by atoms with E-state index in [-0.39, 0.29) is 15.5 Å². The van der Waals surface area contributed by atoms with Gasteiger partial charge in [-0.25, -0.2) is 26.4 Å². The molecule has 3 N–H and O–H groups in total. The van der Waals surface area contributed by atoms with Gasteiger partial charge in [0.1, 0.15) is 10.6 Å². The van der Waals surface area contributed by atoms with Gasteiger partial charge in [0.15, 0.2) is 0 Å². The molecule has 0 saturated heterocycles. The summed E-state index contributed by atoms with van der Waals surface area (Å²) >= 11 is 0. The van der Waals surface area contributed by atoms with Crippen LogP contribution >= 0.6 is 0 Å². The fourth-order valence-corrected chi connectivity index (χ4v) is 4.98. The molecule has 0 saturated carbocycles. The maximum Gasteiger partial charge on any atom is 0.333 e. The number of amides is 2. The molecular formula is C22H23N3O6S2. The van der Waals surface area contributed by atoms with Crippen molar-refractivity contribution in [2.75, 3.05) is 16.6 Å². The second-order valence-corrected chi connectivity index (χ2v) is 10.3. The molecule has 0 heterocycles. The quantitative estimate of drug-likeness (QED) is 0.442. The van der Waals surface area contributed by atoms with E-state index in [1.807, 2.05) is 11.6 Å². The van der Waals surface area contributed by atoms with E-state index < -0.39 is 26.1 Å². The van der Waals surface area contributed by atoms with Crippen LogP contribution in [0, 0.1) is 6.92 Å². The van der Waals surface area contributed by atoms with Crippen molar-refractivity contribution >= 4 is 37.5 Å². The van der Waals surface area contributed by atoms with Gasteiger partial charge in [-0.05, 0) is 62.4 Å². The number of hydrogen-bond donors (Lipinski definition) is 3. The normalized spacial score (nSPS) is 11.5. The predicted molar refractivity (Wildman–Crippen MR) is 125 cm³/mol. The zero-order chi connectivity index (χ0) is 24.1. The van der Waals surface area contributed by atoms with Crippen molar-refractivity contribution in [2.24, 2.45) is 0 Å². The van der Waals surface area contributed by atoms with Crippen LogP contribution in [0.15, 0.2) is 82.6 Å². The van der Waals surface area contributed by atoms with Gasteiger partial charge in [0, 0.05) is 5.69 Å². The highest BCUT2D eigenvalue weighted by atomic mass is 32.2. The van der Waals surface area contributed by atoms with Gasteiger partial charge in [-0.3, -0.25) is 4.72 Å². The number of rotatable bonds is 8. The Bertz CT molecular complexity index is 1340. The summed E-state index contributed by atoms with van der Waals surface area (Å²) < 4.78 is 60.3. The highest BCUT2D eigenvalue weighted by Gasteiger charge is 2.22. The first-order valence-corrected chi connectivity index (χ1v) is 12.8. The molecule has 0 aliphatic carbocycles. The second kappa shape index (κ2) is 9.92. The van der Waals surface area contributed by atoms with Crippen LogP contribution in [-0.4, -0.2) is 29.5 Å². The monoisotopic (exact) mass is 489 g/mol. The molecule has 3 rings (SSSR count). The number of carbonyl (C=O) groups excluding carboxylic acids is 1. The molecule has 2 amide bonds. The zero-order valence-corrected chi connectivity index (χ0v) is 19.5. The molecule has 0 fully saturated rings. The van der Waals surface area contributed by atoms with Gasteiger partial charge in [0.25, 0.3) is 20.0 Å². The van der Waals surface area contributed by atoms with Crippen LogP contribution in [-0.2, 0) is 20.0 Å². The van der Waals surface area contributed by atoms with Crippen molar-refractivity contribution in [3.8, 4) is 5.75 Å². The molecule has 11 heteroatoms. The molecule has 0 bridgehead atoms. The van der Waals surface area contributed by atoms with E-state index in [2.05, 4.69) is 10.0 Å². The van der Waals surface area contributed by atoms with Crippen LogP contribution in [0.2, 0.25) is 0 Å². The van der Waals surface area contributed by atoms with Gasteiger partial charge in [0.2, 0.25) is 0 Å². The third-order valence-corrected chi connectivity index (χ3v) is 7.19. The maximum absolute atomic E-state index is 12.9. The average molecular weight is 490 g/mol. The van der Waals surface area contributed by atoms with Crippen LogP contribution in [0.25, 0.3) is 0 Å². The van der Waals surface area contributed by atoms with Gasteiger partial charge >= 0.3 is 6.03 Å². The van der Waals surface area contributed by atoms with Crippen molar-refractivity contribution in [2.45, 2.75) is 23.6 Å². The lowest BCUT2D eigenvalue weighted by Gasteiger charge is -2.14. The first-order valence-electron chi connectivity index (χ1n) is 9.86. The number of urea groups is 1. The summed E-state index contributed by atoms with van der Waals surface area (Å²) in [6.07, 6.45) is 0. The molecule has 174 valence electrons. The smallest absolute Gasteiger partial charge is 0.333 e. The highest BCUT2D eigenvalue weighted by molar-refractivity contribution is 7.93. The van der Waals surface area contributed by atoms with Crippen LogP contribution in [0.1, 0.15) is 12.5 Å². The Morgan fingerprint density at radius 2 is 1.48 bits per heavy atom. The number of sulfonamides is 2. The average Bonchev–Trinajstić information content (AvgIpc) is 2.75. The molecule has 0 spiro atoms. The fraction of sp³-hybridized carbons (Fsp3) is 0.136. The molecular weight excluding hydrogens is 466 g/mol. The lowest BCUT2D eigenvalue weighted by atomic mass is 10.2. The first kappa shape index (κ1) is 24.1. The summed E-state index contributed by atoms with van der Waals surface area (Å²) in [6, 6.07) is 16.8. The molecule has 0 aromatic heterocycles. The van der Waals surface area contributed by atoms with Gasteiger partial charge < -0.3 is 10.1 Å². The van der Waals surface area contributed by atoms with Crippen molar-refractivity contribution < 1.29 is 26.4 Å². The second-order valence-electron chi connectivity index (χ2n) is 6.93. The van der Waals surface area contributed by atoms with Crippen LogP contribution in [0.3, 0.4) is 0 Å². The van der Waals surface area contributed by atoms with E-state index in [0.717, 1.165) is 5.56 Å². The largest absolute Gasteiger partial charge is 0.494 e. The molecule has 3 aromatic rings. The van der Waals surface area contributed by atoms with E-state index >= 15 is 0 Å². The number of nitrogens with one attached hydrogen (secondary N) is 3. The Morgan fingerprint density at radius 3 is 2.12 bits per heavy atom. The van der Waals surface area contributed by atoms with E-state index in [4.69, 9.17) is 4.74 Å². The summed E-state index contributed by atoms with van der Waals surface area (Å²) in [5, 5.41) is 2.30. The molecule has 0 aliphatic heterocycles. The number of ether oxygens (including phenoxy) is 1. The maximum atomic E-state index is 12.9. The first-order chi connectivity index (χ1) is 15.6. The fourth-order valence-electron chi connectivity index (χ4n) is 2.85. The Hall–Kier alpha value is -3.57. The van der Waals surface area contributed by atoms with E-state index in [0.29, 0.717) is 18.0 Å². The van der Waals surface area contributed by atoms with E-state index in [1.165, 1.54) is 36.4 Å². The Morgan fingerprint density at radius 1 is 0.848 bits per heavy atom. The molecule has 0 aliphatic rings. The Balaban J connectivity index is 1.77. The lowest BCUT2D eigenvalue weighted by Crippen LogP contribution is -2.34. The number of benzene rings is 3. The number of aryl methyl sites for hydroxylation is 1. The number of anilines is 2. The Labute approximate surface area is 192 Å². The van der Waals surface area contributed by atoms with Crippen LogP contribution in [0.5, 0.6) is 5.75 Å². The topological polar surface area (TPSA) is 131 Å². The van der Waals surface area contributed by atoms with Crippen molar-refractivity contribution in [1.82, 2.24) is 4.72 Å². The summed E-state index contributed by atoms with van der Waals surface area (Å²) in [4.78, 5) is 12.0. The standard InChI is InChI=1S/C22H23N3O6S2/c1-3-31-18-12-10-17(11-13-18)24-33(29,30)21-7-5-4-6-20(21)23-22(26)25-32(27,28)19-14-8-16(2)9-15-19/h4-15,24H,3H2,1-2H3,(H2,23,25,26). The third kappa shape index (κ3) is 6.24. The molecule has 33 heavy (non-hydrogen) atoms. The molecule has 0 atom stereocenters. The Kier molecular flexibility index (Phi) is 7.24. The third-order valence-electron chi connectivity index (χ3n) is 4.40. The van der Waals surface area contributed by atoms with Gasteiger partial charge in [-0.1, -0.05) is 29.8 Å². The molecule has 9 nitrogen and oxygen atoms in total.